The zero-order chi connectivity index (χ0) is 13.9. The summed E-state index contributed by atoms with van der Waals surface area (Å²) in [6.45, 7) is 6.78. The summed E-state index contributed by atoms with van der Waals surface area (Å²) in [6.07, 6.45) is -4.30. The average molecular weight is 260 g/mol. The summed E-state index contributed by atoms with van der Waals surface area (Å²) in [5, 5.41) is 0. The summed E-state index contributed by atoms with van der Waals surface area (Å²) in [6, 6.07) is 5.39. The lowest BCUT2D eigenvalue weighted by Gasteiger charge is -2.15. The molecule has 4 heteroatoms. The van der Waals surface area contributed by atoms with Crippen LogP contribution >= 0.6 is 0 Å². The molecule has 0 radical (unpaired) electrons. The molecule has 1 rings (SSSR count). The maximum absolute atomic E-state index is 12.1. The van der Waals surface area contributed by atoms with Crippen molar-refractivity contribution in [3.63, 3.8) is 0 Å². The molecular formula is C14H19F3O. The van der Waals surface area contributed by atoms with Gasteiger partial charge in [0, 0.05) is 0 Å². The number of hydrogen-bond acceptors (Lipinski definition) is 1. The van der Waals surface area contributed by atoms with Crippen molar-refractivity contribution in [1.82, 2.24) is 0 Å². The molecule has 0 bridgehead atoms. The molecule has 1 aromatic rings. The van der Waals surface area contributed by atoms with Crippen LogP contribution in [0.4, 0.5) is 13.2 Å². The zero-order valence-electron chi connectivity index (χ0n) is 11.1. The summed E-state index contributed by atoms with van der Waals surface area (Å²) < 4.78 is 41.2. The normalized spacial score (nSPS) is 12.3. The second-order valence-electron chi connectivity index (χ2n) is 5.05. The lowest BCUT2D eigenvalue weighted by molar-refractivity contribution is -0.153. The van der Waals surface area contributed by atoms with Gasteiger partial charge in [0.05, 0.1) is 0 Å². The predicted molar refractivity (Wildman–Crippen MR) is 66.2 cm³/mol. The third kappa shape index (κ3) is 4.59. The lowest BCUT2D eigenvalue weighted by Crippen LogP contribution is -2.19. The van der Waals surface area contributed by atoms with E-state index in [-0.39, 0.29) is 11.8 Å². The van der Waals surface area contributed by atoms with Crippen LogP contribution in [0.5, 0.6) is 5.75 Å². The first-order valence-electron chi connectivity index (χ1n) is 6.03. The Labute approximate surface area is 106 Å². The van der Waals surface area contributed by atoms with Gasteiger partial charge in [0.1, 0.15) is 5.75 Å². The van der Waals surface area contributed by atoms with Gasteiger partial charge in [-0.25, -0.2) is 0 Å². The lowest BCUT2D eigenvalue weighted by atomic mass is 9.95. The fraction of sp³-hybridized carbons (Fsp3) is 0.571. The quantitative estimate of drug-likeness (QED) is 0.750. The Morgan fingerprint density at radius 2 is 1.39 bits per heavy atom. The molecule has 0 saturated carbocycles. The van der Waals surface area contributed by atoms with E-state index in [1.165, 1.54) is 0 Å². The van der Waals surface area contributed by atoms with Crippen LogP contribution in [0.1, 0.15) is 50.7 Å². The number of benzene rings is 1. The molecular weight excluding hydrogens is 241 g/mol. The molecule has 0 unspecified atom stereocenters. The first-order chi connectivity index (χ1) is 8.19. The first-order valence-corrected chi connectivity index (χ1v) is 6.03. The van der Waals surface area contributed by atoms with Gasteiger partial charge >= 0.3 is 6.18 Å². The molecule has 1 nitrogen and oxygen atoms in total. The standard InChI is InChI=1S/C14H19F3O/c1-9(2)11-5-12(10(3)4)7-13(6-11)18-8-14(15,16)17/h5-7,9-10H,8H2,1-4H3. The summed E-state index contributed by atoms with van der Waals surface area (Å²) in [4.78, 5) is 0. The molecule has 0 fully saturated rings. The minimum Gasteiger partial charge on any atom is -0.484 e. The van der Waals surface area contributed by atoms with Crippen LogP contribution in [0, 0.1) is 0 Å². The smallest absolute Gasteiger partial charge is 0.422 e. The van der Waals surface area contributed by atoms with E-state index < -0.39 is 12.8 Å². The van der Waals surface area contributed by atoms with E-state index in [0.29, 0.717) is 5.75 Å². The van der Waals surface area contributed by atoms with E-state index in [4.69, 9.17) is 4.74 Å². The van der Waals surface area contributed by atoms with Crippen LogP contribution in [-0.4, -0.2) is 12.8 Å². The van der Waals surface area contributed by atoms with Crippen LogP contribution in [0.3, 0.4) is 0 Å². The molecule has 0 atom stereocenters. The summed E-state index contributed by atoms with van der Waals surface area (Å²) in [5.41, 5.74) is 2.00. The van der Waals surface area contributed by atoms with Gasteiger partial charge in [-0.1, -0.05) is 33.8 Å². The van der Waals surface area contributed by atoms with E-state index in [0.717, 1.165) is 11.1 Å². The molecule has 0 saturated heterocycles. The molecule has 0 amide bonds. The van der Waals surface area contributed by atoms with Crippen molar-refractivity contribution in [2.75, 3.05) is 6.61 Å². The van der Waals surface area contributed by atoms with Gasteiger partial charge in [0.15, 0.2) is 6.61 Å². The molecule has 0 spiro atoms. The summed E-state index contributed by atoms with van der Waals surface area (Å²) in [5.74, 6) is 0.816. The molecule has 0 aliphatic heterocycles. The van der Waals surface area contributed by atoms with Crippen molar-refractivity contribution in [2.24, 2.45) is 0 Å². The van der Waals surface area contributed by atoms with E-state index in [9.17, 15) is 13.2 Å². The molecule has 0 heterocycles. The van der Waals surface area contributed by atoms with Gasteiger partial charge in [-0.05, 0) is 35.1 Å². The van der Waals surface area contributed by atoms with Crippen molar-refractivity contribution < 1.29 is 17.9 Å². The highest BCUT2D eigenvalue weighted by Crippen LogP contribution is 2.28. The number of alkyl halides is 3. The van der Waals surface area contributed by atoms with Gasteiger partial charge in [-0.2, -0.15) is 13.2 Å². The number of halogens is 3. The average Bonchev–Trinajstić information content (AvgIpc) is 2.25. The Bertz CT molecular complexity index is 368. The Kier molecular flexibility index (Phi) is 4.65. The van der Waals surface area contributed by atoms with Gasteiger partial charge in [0.2, 0.25) is 0 Å². The third-order valence-electron chi connectivity index (χ3n) is 2.69. The van der Waals surface area contributed by atoms with Crippen LogP contribution < -0.4 is 4.74 Å². The molecule has 102 valence electrons. The maximum atomic E-state index is 12.1. The van der Waals surface area contributed by atoms with Gasteiger partial charge < -0.3 is 4.74 Å². The highest BCUT2D eigenvalue weighted by molar-refractivity contribution is 5.37. The maximum Gasteiger partial charge on any atom is 0.422 e. The number of ether oxygens (including phenoxy) is 1. The van der Waals surface area contributed by atoms with E-state index in [1.54, 1.807) is 12.1 Å². The molecule has 1 aromatic carbocycles. The first kappa shape index (κ1) is 14.9. The van der Waals surface area contributed by atoms with E-state index in [1.807, 2.05) is 33.8 Å². The van der Waals surface area contributed by atoms with Crippen LogP contribution in [-0.2, 0) is 0 Å². The minimum atomic E-state index is -4.30. The molecule has 0 aliphatic carbocycles. The predicted octanol–water partition coefficient (Wildman–Crippen LogP) is 4.87. The van der Waals surface area contributed by atoms with Crippen molar-refractivity contribution in [3.8, 4) is 5.75 Å². The fourth-order valence-corrected chi connectivity index (χ4v) is 1.56. The van der Waals surface area contributed by atoms with Crippen LogP contribution in [0.25, 0.3) is 0 Å². The molecule has 0 aliphatic rings. The highest BCUT2D eigenvalue weighted by atomic mass is 19.4. The fourth-order valence-electron chi connectivity index (χ4n) is 1.56. The summed E-state index contributed by atoms with van der Waals surface area (Å²) in [7, 11) is 0. The Morgan fingerprint density at radius 1 is 0.944 bits per heavy atom. The van der Waals surface area contributed by atoms with E-state index in [2.05, 4.69) is 0 Å². The van der Waals surface area contributed by atoms with Crippen LogP contribution in [0.15, 0.2) is 18.2 Å². The SMILES string of the molecule is CC(C)c1cc(OCC(F)(F)F)cc(C(C)C)c1. The van der Waals surface area contributed by atoms with E-state index >= 15 is 0 Å². The number of hydrogen-bond donors (Lipinski definition) is 0. The second-order valence-corrected chi connectivity index (χ2v) is 5.05. The zero-order valence-corrected chi connectivity index (χ0v) is 11.1. The third-order valence-corrected chi connectivity index (χ3v) is 2.69. The van der Waals surface area contributed by atoms with Gasteiger partial charge in [0.25, 0.3) is 0 Å². The highest BCUT2D eigenvalue weighted by Gasteiger charge is 2.28. The van der Waals surface area contributed by atoms with Crippen molar-refractivity contribution in [3.05, 3.63) is 29.3 Å². The topological polar surface area (TPSA) is 9.23 Å². The minimum absolute atomic E-state index is 0.261. The molecule has 0 N–H and O–H groups in total. The monoisotopic (exact) mass is 260 g/mol. The van der Waals surface area contributed by atoms with Gasteiger partial charge in [-0.15, -0.1) is 0 Å². The van der Waals surface area contributed by atoms with Gasteiger partial charge in [-0.3, -0.25) is 0 Å². The second kappa shape index (κ2) is 5.63. The Morgan fingerprint density at radius 3 is 1.72 bits per heavy atom. The van der Waals surface area contributed by atoms with Crippen molar-refractivity contribution in [1.29, 1.82) is 0 Å². The van der Waals surface area contributed by atoms with Crippen LogP contribution in [0.2, 0.25) is 0 Å². The Hall–Kier alpha value is -1.19. The number of rotatable bonds is 4. The van der Waals surface area contributed by atoms with Crippen molar-refractivity contribution >= 4 is 0 Å². The van der Waals surface area contributed by atoms with Crippen molar-refractivity contribution in [2.45, 2.75) is 45.7 Å². The molecule has 18 heavy (non-hydrogen) atoms. The largest absolute Gasteiger partial charge is 0.484 e. The summed E-state index contributed by atoms with van der Waals surface area (Å²) >= 11 is 0. The molecule has 0 aromatic heterocycles. The Balaban J connectivity index is 2.96.